The van der Waals surface area contributed by atoms with Crippen molar-refractivity contribution in [1.29, 1.82) is 0 Å². The summed E-state index contributed by atoms with van der Waals surface area (Å²) in [5.74, 6) is -0.311. The second-order valence-electron chi connectivity index (χ2n) is 7.17. The van der Waals surface area contributed by atoms with E-state index in [1.54, 1.807) is 12.1 Å². The Bertz CT molecular complexity index is 551. The predicted molar refractivity (Wildman–Crippen MR) is 101 cm³/mol. The summed E-state index contributed by atoms with van der Waals surface area (Å²) in [4.78, 5) is 26.9. The van der Waals surface area contributed by atoms with Crippen LogP contribution in [-0.4, -0.2) is 32.0 Å². The smallest absolute Gasteiger partial charge is 0.338 e. The molecule has 0 saturated heterocycles. The molecule has 1 aliphatic carbocycles. The van der Waals surface area contributed by atoms with E-state index < -0.39 is 12.1 Å². The van der Waals surface area contributed by atoms with Crippen molar-refractivity contribution in [1.82, 2.24) is 0 Å². The van der Waals surface area contributed by atoms with Crippen LogP contribution in [0.5, 0.6) is 0 Å². The molecular formula is C21H31NO3. The Labute approximate surface area is 151 Å². The topological polar surface area (TPSA) is 46.6 Å². The fraction of sp³-hybridized carbons (Fsp3) is 0.619. The van der Waals surface area contributed by atoms with Crippen molar-refractivity contribution in [2.45, 2.75) is 70.3 Å². The molecule has 1 unspecified atom stereocenters. The second-order valence-corrected chi connectivity index (χ2v) is 7.17. The maximum atomic E-state index is 12.5. The average molecular weight is 345 g/mol. The Kier molecular flexibility index (Phi) is 7.96. The maximum absolute atomic E-state index is 12.5. The zero-order valence-corrected chi connectivity index (χ0v) is 15.6. The van der Waals surface area contributed by atoms with Gasteiger partial charge >= 0.3 is 5.97 Å². The number of esters is 1. The van der Waals surface area contributed by atoms with E-state index in [1.165, 1.54) is 25.7 Å². The summed E-state index contributed by atoms with van der Waals surface area (Å²) in [6, 6.07) is 7.30. The van der Waals surface area contributed by atoms with Gasteiger partial charge in [-0.3, -0.25) is 4.79 Å². The molecule has 0 N–H and O–H groups in total. The van der Waals surface area contributed by atoms with E-state index in [2.05, 4.69) is 0 Å². The molecule has 0 aliphatic heterocycles. The summed E-state index contributed by atoms with van der Waals surface area (Å²) in [6.45, 7) is 0. The number of hydrogen-bond acceptors (Lipinski definition) is 4. The summed E-state index contributed by atoms with van der Waals surface area (Å²) in [5, 5.41) is 0. The minimum Gasteiger partial charge on any atom is -0.451 e. The van der Waals surface area contributed by atoms with Crippen molar-refractivity contribution >= 4 is 17.4 Å². The third-order valence-corrected chi connectivity index (χ3v) is 4.87. The van der Waals surface area contributed by atoms with Crippen LogP contribution < -0.4 is 4.90 Å². The first kappa shape index (κ1) is 19.5. The lowest BCUT2D eigenvalue weighted by Gasteiger charge is -2.18. The van der Waals surface area contributed by atoms with Crippen LogP contribution in [0.15, 0.2) is 24.3 Å². The number of anilines is 1. The zero-order chi connectivity index (χ0) is 18.1. The number of nitrogens with zero attached hydrogens (tertiary/aromatic N) is 1. The molecule has 1 saturated carbocycles. The van der Waals surface area contributed by atoms with E-state index in [0.29, 0.717) is 18.4 Å². The molecule has 4 heteroatoms. The molecule has 0 bridgehead atoms. The molecule has 1 aromatic carbocycles. The summed E-state index contributed by atoms with van der Waals surface area (Å²) in [5.41, 5.74) is 1.53. The monoisotopic (exact) mass is 345 g/mol. The zero-order valence-electron chi connectivity index (χ0n) is 15.6. The van der Waals surface area contributed by atoms with Gasteiger partial charge in [-0.25, -0.2) is 4.79 Å². The number of benzene rings is 1. The minimum atomic E-state index is -0.583. The largest absolute Gasteiger partial charge is 0.451 e. The van der Waals surface area contributed by atoms with E-state index in [0.717, 1.165) is 31.4 Å². The lowest BCUT2D eigenvalue weighted by molar-refractivity contribution is -0.128. The number of ketones is 1. The quantitative estimate of drug-likeness (QED) is 0.741. The average Bonchev–Trinajstić information content (AvgIpc) is 2.60. The molecule has 2 rings (SSSR count). The molecule has 1 aliphatic rings. The normalized spacial score (nSPS) is 20.2. The summed E-state index contributed by atoms with van der Waals surface area (Å²) in [7, 11) is 3.91. The molecule has 138 valence electrons. The number of Topliss-reactive ketones (excluding diaryl/α,β-unsaturated/α-hetero) is 1. The van der Waals surface area contributed by atoms with Crippen LogP contribution in [0.25, 0.3) is 0 Å². The third kappa shape index (κ3) is 6.52. The van der Waals surface area contributed by atoms with Crippen molar-refractivity contribution in [2.75, 3.05) is 19.0 Å². The Morgan fingerprint density at radius 3 is 2.08 bits per heavy atom. The molecule has 1 aromatic rings. The van der Waals surface area contributed by atoms with Gasteiger partial charge in [-0.05, 0) is 43.5 Å². The predicted octanol–water partition coefficient (Wildman–Crippen LogP) is 4.76. The van der Waals surface area contributed by atoms with Gasteiger partial charge in [0.05, 0.1) is 5.56 Å². The lowest BCUT2D eigenvalue weighted by atomic mass is 9.98. The number of carbonyl (C=O) groups excluding carboxylic acids is 2. The van der Waals surface area contributed by atoms with Gasteiger partial charge in [0.15, 0.2) is 11.9 Å². The maximum Gasteiger partial charge on any atom is 0.338 e. The van der Waals surface area contributed by atoms with Crippen LogP contribution in [0.3, 0.4) is 0 Å². The van der Waals surface area contributed by atoms with Crippen LogP contribution in [0.4, 0.5) is 5.69 Å². The highest BCUT2D eigenvalue weighted by Gasteiger charge is 2.23. The highest BCUT2D eigenvalue weighted by atomic mass is 16.5. The molecule has 1 fully saturated rings. The Hall–Kier alpha value is -1.84. The lowest BCUT2D eigenvalue weighted by Crippen LogP contribution is -2.27. The number of carbonyl (C=O) groups is 2. The molecule has 0 spiro atoms. The van der Waals surface area contributed by atoms with E-state index in [1.807, 2.05) is 31.1 Å². The van der Waals surface area contributed by atoms with Gasteiger partial charge in [-0.2, -0.15) is 0 Å². The van der Waals surface area contributed by atoms with Crippen LogP contribution in [0.1, 0.15) is 74.6 Å². The highest BCUT2D eigenvalue weighted by molar-refractivity contribution is 5.93. The summed E-state index contributed by atoms with van der Waals surface area (Å²) < 4.78 is 5.59. The molecule has 4 nitrogen and oxygen atoms in total. The van der Waals surface area contributed by atoms with Gasteiger partial charge in [-0.1, -0.05) is 38.5 Å². The van der Waals surface area contributed by atoms with E-state index in [4.69, 9.17) is 4.74 Å². The van der Waals surface area contributed by atoms with Gasteiger partial charge in [0.1, 0.15) is 0 Å². The van der Waals surface area contributed by atoms with E-state index >= 15 is 0 Å². The van der Waals surface area contributed by atoms with Crippen molar-refractivity contribution < 1.29 is 14.3 Å². The van der Waals surface area contributed by atoms with Gasteiger partial charge in [0, 0.05) is 26.2 Å². The van der Waals surface area contributed by atoms with Crippen molar-refractivity contribution in [2.24, 2.45) is 0 Å². The SMILES string of the molecule is CN(C)c1ccc(C(=O)OC2CCCCCCCCCCC2=O)cc1. The Morgan fingerprint density at radius 1 is 0.920 bits per heavy atom. The highest BCUT2D eigenvalue weighted by Crippen LogP contribution is 2.19. The summed E-state index contributed by atoms with van der Waals surface area (Å²) in [6.07, 6.45) is 9.62. The van der Waals surface area contributed by atoms with Crippen LogP contribution in [-0.2, 0) is 9.53 Å². The summed E-state index contributed by atoms with van der Waals surface area (Å²) >= 11 is 0. The number of rotatable bonds is 3. The van der Waals surface area contributed by atoms with Crippen molar-refractivity contribution in [3.63, 3.8) is 0 Å². The standard InChI is InChI=1S/C21H31NO3/c1-22(2)18-15-13-17(14-16-18)21(24)25-20-12-10-8-6-4-3-5-7-9-11-19(20)23/h13-16,20H,3-12H2,1-2H3. The van der Waals surface area contributed by atoms with Crippen LogP contribution in [0.2, 0.25) is 0 Å². The Balaban J connectivity index is 1.97. The molecule has 0 aromatic heterocycles. The van der Waals surface area contributed by atoms with Gasteiger partial charge in [0.2, 0.25) is 0 Å². The molecule has 0 amide bonds. The van der Waals surface area contributed by atoms with Crippen LogP contribution >= 0.6 is 0 Å². The fourth-order valence-corrected chi connectivity index (χ4v) is 3.23. The van der Waals surface area contributed by atoms with Crippen molar-refractivity contribution in [3.8, 4) is 0 Å². The molecular weight excluding hydrogens is 314 g/mol. The first-order valence-corrected chi connectivity index (χ1v) is 9.59. The number of ether oxygens (including phenoxy) is 1. The second kappa shape index (κ2) is 10.2. The minimum absolute atomic E-state index is 0.0823. The van der Waals surface area contributed by atoms with Crippen molar-refractivity contribution in [3.05, 3.63) is 29.8 Å². The number of hydrogen-bond donors (Lipinski definition) is 0. The van der Waals surface area contributed by atoms with Crippen LogP contribution in [0, 0.1) is 0 Å². The Morgan fingerprint density at radius 2 is 1.48 bits per heavy atom. The molecule has 0 radical (unpaired) electrons. The third-order valence-electron chi connectivity index (χ3n) is 4.87. The first-order valence-electron chi connectivity index (χ1n) is 9.59. The fourth-order valence-electron chi connectivity index (χ4n) is 3.23. The first-order chi connectivity index (χ1) is 12.1. The molecule has 0 heterocycles. The van der Waals surface area contributed by atoms with Gasteiger partial charge < -0.3 is 9.64 Å². The van der Waals surface area contributed by atoms with E-state index in [9.17, 15) is 9.59 Å². The molecule has 1 atom stereocenters. The molecule has 25 heavy (non-hydrogen) atoms. The van der Waals surface area contributed by atoms with Gasteiger partial charge in [0.25, 0.3) is 0 Å². The van der Waals surface area contributed by atoms with Gasteiger partial charge in [-0.15, -0.1) is 0 Å². The van der Waals surface area contributed by atoms with E-state index in [-0.39, 0.29) is 5.78 Å².